The van der Waals surface area contributed by atoms with Crippen LogP contribution in [0.15, 0.2) is 49.1 Å². The Kier molecular flexibility index (Phi) is 2.35. The zero-order valence-electron chi connectivity index (χ0n) is 8.51. The van der Waals surface area contributed by atoms with Crippen molar-refractivity contribution in [2.24, 2.45) is 7.05 Å². The third kappa shape index (κ3) is 1.84. The fourth-order valence-electron chi connectivity index (χ4n) is 1.39. The Morgan fingerprint density at radius 2 is 1.64 bits per heavy atom. The zero-order chi connectivity index (χ0) is 9.97. The van der Waals surface area contributed by atoms with E-state index in [1.54, 1.807) is 0 Å². The number of aryl methyl sites for hydroxylation is 1. The van der Waals surface area contributed by atoms with Crippen LogP contribution in [-0.2, 0) is 7.05 Å². The number of hydrogen-bond donors (Lipinski definition) is 0. The molecule has 0 spiro atoms. The van der Waals surface area contributed by atoms with Gasteiger partial charge in [0.05, 0.1) is 5.92 Å². The molecule has 71 valence electrons. The van der Waals surface area contributed by atoms with Gasteiger partial charge in [-0.2, -0.15) is 0 Å². The molecule has 1 aliphatic heterocycles. The fraction of sp³-hybridized carbons (Fsp3) is 0.167. The minimum absolute atomic E-state index is 1.25. The van der Waals surface area contributed by atoms with Crippen molar-refractivity contribution >= 4 is 0 Å². The lowest BCUT2D eigenvalue weighted by Crippen LogP contribution is -2.26. The van der Waals surface area contributed by atoms with E-state index in [0.717, 1.165) is 0 Å². The number of pyridine rings is 1. The fourth-order valence-corrected chi connectivity index (χ4v) is 1.39. The maximum Gasteiger partial charge on any atom is 0.168 e. The van der Waals surface area contributed by atoms with E-state index in [9.17, 15) is 0 Å². The highest BCUT2D eigenvalue weighted by Crippen LogP contribution is 2.19. The number of rotatable bonds is 1. The summed E-state index contributed by atoms with van der Waals surface area (Å²) < 4.78 is 2.03. The highest BCUT2D eigenvalue weighted by Gasteiger charge is 2.09. The highest BCUT2D eigenvalue weighted by atomic mass is 15.0. The first-order valence-electron chi connectivity index (χ1n) is 4.67. The van der Waals surface area contributed by atoms with Gasteiger partial charge in [-0.3, -0.25) is 0 Å². The summed E-state index contributed by atoms with van der Waals surface area (Å²) in [5.74, 6) is 1.25. The van der Waals surface area contributed by atoms with Gasteiger partial charge in [0.25, 0.3) is 0 Å². The van der Waals surface area contributed by atoms with Gasteiger partial charge >= 0.3 is 0 Å². The molecule has 14 heavy (non-hydrogen) atoms. The maximum atomic E-state index is 2.12. The van der Waals surface area contributed by atoms with Crippen LogP contribution in [0.4, 0.5) is 0 Å². The van der Waals surface area contributed by atoms with Gasteiger partial charge in [-0.1, -0.05) is 12.2 Å². The lowest BCUT2D eigenvalue weighted by Gasteiger charge is -2.16. The van der Waals surface area contributed by atoms with E-state index in [1.807, 2.05) is 23.6 Å². The first-order valence-corrected chi connectivity index (χ1v) is 4.67. The molecule has 0 aliphatic carbocycles. The first kappa shape index (κ1) is 9.00. The van der Waals surface area contributed by atoms with Crippen molar-refractivity contribution in [3.8, 4) is 0 Å². The van der Waals surface area contributed by atoms with Gasteiger partial charge in [0.1, 0.15) is 7.05 Å². The Balaban J connectivity index is 2.20. The second-order valence-corrected chi connectivity index (χ2v) is 3.50. The maximum absolute atomic E-state index is 2.12. The molecular weight excluding hydrogens is 172 g/mol. The number of allylic oxidation sites excluding steroid dienone is 2. The van der Waals surface area contributed by atoms with E-state index in [0.29, 0.717) is 0 Å². The van der Waals surface area contributed by atoms with Crippen molar-refractivity contribution in [3.63, 3.8) is 0 Å². The second kappa shape index (κ2) is 3.66. The summed E-state index contributed by atoms with van der Waals surface area (Å²) in [5, 5.41) is 0. The monoisotopic (exact) mass is 186 g/mol. The standard InChI is InChI=1S/C12H14N2/c1-13-7-3-11(4-8-13)12-5-9-14(2)10-6-12/h3-10H,1-2H3/q+1. The van der Waals surface area contributed by atoms with E-state index in [1.165, 1.54) is 11.5 Å². The van der Waals surface area contributed by atoms with Crippen molar-refractivity contribution in [2.75, 3.05) is 7.05 Å². The summed E-state index contributed by atoms with van der Waals surface area (Å²) in [7, 11) is 4.05. The number of nitrogens with zero attached hydrogens (tertiary/aromatic N) is 2. The minimum atomic E-state index is 1.25. The molecule has 2 heterocycles. The van der Waals surface area contributed by atoms with Crippen LogP contribution in [0.2, 0.25) is 0 Å². The van der Waals surface area contributed by atoms with Gasteiger partial charge < -0.3 is 4.90 Å². The zero-order valence-corrected chi connectivity index (χ0v) is 8.51. The molecule has 1 aromatic rings. The van der Waals surface area contributed by atoms with Gasteiger partial charge in [-0.25, -0.2) is 4.57 Å². The van der Waals surface area contributed by atoms with Crippen molar-refractivity contribution in [1.82, 2.24) is 4.90 Å². The SMILES string of the molecule is CN1C=C[C](c2cc[n+](C)cc2)C=C1. The number of aromatic nitrogens is 1. The lowest BCUT2D eigenvalue weighted by atomic mass is 9.99. The van der Waals surface area contributed by atoms with Crippen molar-refractivity contribution in [3.05, 3.63) is 60.6 Å². The molecule has 0 bridgehead atoms. The molecule has 2 rings (SSSR count). The third-order valence-corrected chi connectivity index (χ3v) is 2.29. The van der Waals surface area contributed by atoms with Gasteiger partial charge in [-0.05, 0) is 5.56 Å². The van der Waals surface area contributed by atoms with Crippen LogP contribution in [0, 0.1) is 5.92 Å². The molecule has 0 fully saturated rings. The van der Waals surface area contributed by atoms with E-state index in [-0.39, 0.29) is 0 Å². The summed E-state index contributed by atoms with van der Waals surface area (Å²) in [5.41, 5.74) is 1.25. The molecule has 0 saturated heterocycles. The molecule has 0 N–H and O–H groups in total. The van der Waals surface area contributed by atoms with Gasteiger partial charge in [0, 0.05) is 31.6 Å². The lowest BCUT2D eigenvalue weighted by molar-refractivity contribution is -0.671. The molecule has 0 unspecified atom stereocenters. The van der Waals surface area contributed by atoms with Crippen LogP contribution in [0.1, 0.15) is 5.56 Å². The smallest absolute Gasteiger partial charge is 0.168 e. The topological polar surface area (TPSA) is 7.12 Å². The number of hydrogen-bond acceptors (Lipinski definition) is 1. The van der Waals surface area contributed by atoms with Gasteiger partial charge in [-0.15, -0.1) is 0 Å². The van der Waals surface area contributed by atoms with Crippen LogP contribution < -0.4 is 4.57 Å². The third-order valence-electron chi connectivity index (χ3n) is 2.29. The van der Waals surface area contributed by atoms with Crippen LogP contribution in [0.25, 0.3) is 0 Å². The Morgan fingerprint density at radius 3 is 2.21 bits per heavy atom. The molecular formula is C12H14N2+. The highest BCUT2D eigenvalue weighted by molar-refractivity contribution is 5.43. The molecule has 0 atom stereocenters. The van der Waals surface area contributed by atoms with E-state index >= 15 is 0 Å². The van der Waals surface area contributed by atoms with Crippen molar-refractivity contribution in [1.29, 1.82) is 0 Å². The summed E-state index contributed by atoms with van der Waals surface area (Å²) in [6, 6.07) is 4.24. The quantitative estimate of drug-likeness (QED) is 0.601. The molecule has 0 aromatic carbocycles. The van der Waals surface area contributed by atoms with E-state index < -0.39 is 0 Å². The Bertz CT molecular complexity index is 348. The van der Waals surface area contributed by atoms with Crippen LogP contribution in [0.3, 0.4) is 0 Å². The van der Waals surface area contributed by atoms with E-state index in [2.05, 4.69) is 49.1 Å². The molecule has 1 aromatic heterocycles. The van der Waals surface area contributed by atoms with Crippen LogP contribution >= 0.6 is 0 Å². The summed E-state index contributed by atoms with van der Waals surface area (Å²) >= 11 is 0. The molecule has 0 saturated carbocycles. The largest absolute Gasteiger partial charge is 0.358 e. The second-order valence-electron chi connectivity index (χ2n) is 3.50. The van der Waals surface area contributed by atoms with Crippen LogP contribution in [-0.4, -0.2) is 11.9 Å². The van der Waals surface area contributed by atoms with Crippen molar-refractivity contribution in [2.45, 2.75) is 0 Å². The van der Waals surface area contributed by atoms with E-state index in [4.69, 9.17) is 0 Å². The Labute approximate surface area is 84.8 Å². The van der Waals surface area contributed by atoms with Crippen LogP contribution in [0.5, 0.6) is 0 Å². The molecule has 2 nitrogen and oxygen atoms in total. The molecule has 0 amide bonds. The molecule has 1 aliphatic rings. The average Bonchev–Trinajstić information content (AvgIpc) is 2.21. The first-order chi connectivity index (χ1) is 6.75. The summed E-state index contributed by atoms with van der Waals surface area (Å²) in [4.78, 5) is 2.03. The predicted molar refractivity (Wildman–Crippen MR) is 56.0 cm³/mol. The van der Waals surface area contributed by atoms with Gasteiger partial charge in [0.15, 0.2) is 12.4 Å². The molecule has 1 radical (unpaired) electrons. The van der Waals surface area contributed by atoms with Gasteiger partial charge in [0.2, 0.25) is 0 Å². The Hall–Kier alpha value is -1.57. The average molecular weight is 186 g/mol. The molecule has 2 heteroatoms. The summed E-state index contributed by atoms with van der Waals surface area (Å²) in [6.45, 7) is 0. The predicted octanol–water partition coefficient (Wildman–Crippen LogP) is 1.41. The Morgan fingerprint density at radius 1 is 1.07 bits per heavy atom. The minimum Gasteiger partial charge on any atom is -0.358 e. The van der Waals surface area contributed by atoms with Crippen molar-refractivity contribution < 1.29 is 4.57 Å². The summed E-state index contributed by atoms with van der Waals surface area (Å²) in [6.07, 6.45) is 12.5. The normalized spacial score (nSPS) is 16.3.